The molecule has 0 bridgehead atoms. The van der Waals surface area contributed by atoms with Crippen molar-refractivity contribution in [2.24, 2.45) is 0 Å². The monoisotopic (exact) mass is 450 g/mol. The number of nitrogens with two attached hydrogens (primary N) is 1. The number of morpholine rings is 1. The molecule has 0 saturated carbocycles. The number of carboxylic acid groups (broad SMARTS) is 1. The van der Waals surface area contributed by atoms with Gasteiger partial charge in [0.2, 0.25) is 0 Å². The van der Waals surface area contributed by atoms with Crippen molar-refractivity contribution in [2.75, 3.05) is 42.3 Å². The summed E-state index contributed by atoms with van der Waals surface area (Å²) in [5.74, 6) is -1.51. The van der Waals surface area contributed by atoms with Crippen molar-refractivity contribution in [2.45, 2.75) is 6.18 Å². The number of alkyl halides is 3. The summed E-state index contributed by atoms with van der Waals surface area (Å²) in [5, 5.41) is 14.7. The molecule has 4 N–H and O–H groups in total. The maximum atomic E-state index is 10.6. The molecule has 3 aromatic rings. The highest BCUT2D eigenvalue weighted by molar-refractivity contribution is 5.73. The van der Waals surface area contributed by atoms with Crippen LogP contribution in [0.3, 0.4) is 0 Å². The second kappa shape index (κ2) is 10.0. The van der Waals surface area contributed by atoms with Gasteiger partial charge in [-0.15, -0.1) is 0 Å². The van der Waals surface area contributed by atoms with Crippen molar-refractivity contribution < 1.29 is 27.8 Å². The van der Waals surface area contributed by atoms with Gasteiger partial charge in [0.25, 0.3) is 0 Å². The second-order valence-corrected chi connectivity index (χ2v) is 6.66. The number of carbonyl (C=O) groups is 1. The van der Waals surface area contributed by atoms with Crippen LogP contribution in [-0.2, 0) is 9.53 Å². The quantitative estimate of drug-likeness (QED) is 0.555. The molecule has 0 unspecified atom stereocenters. The lowest BCUT2D eigenvalue weighted by Crippen LogP contribution is -2.36. The zero-order valence-corrected chi connectivity index (χ0v) is 16.8. The fourth-order valence-electron chi connectivity index (χ4n) is 2.84. The fourth-order valence-corrected chi connectivity index (χ4v) is 2.84. The van der Waals surface area contributed by atoms with Crippen LogP contribution in [0.5, 0.6) is 0 Å². The second-order valence-electron chi connectivity index (χ2n) is 6.66. The predicted octanol–water partition coefficient (Wildman–Crippen LogP) is 3.06. The molecule has 0 atom stereocenters. The highest BCUT2D eigenvalue weighted by Gasteiger charge is 2.38. The van der Waals surface area contributed by atoms with Crippen LogP contribution < -0.4 is 16.0 Å². The number of aromatic nitrogens is 3. The highest BCUT2D eigenvalue weighted by atomic mass is 19.4. The molecule has 0 spiro atoms. The van der Waals surface area contributed by atoms with Gasteiger partial charge in [0.1, 0.15) is 11.6 Å². The Labute approximate surface area is 181 Å². The average Bonchev–Trinajstić information content (AvgIpc) is 3.21. The van der Waals surface area contributed by atoms with E-state index in [0.717, 1.165) is 43.5 Å². The topological polar surface area (TPSA) is 119 Å². The molecule has 3 heterocycles. The molecule has 2 aromatic heterocycles. The first kappa shape index (κ1) is 22.9. The van der Waals surface area contributed by atoms with Crippen LogP contribution in [0.4, 0.5) is 36.2 Å². The van der Waals surface area contributed by atoms with Crippen molar-refractivity contribution in [1.29, 1.82) is 0 Å². The highest BCUT2D eigenvalue weighted by Crippen LogP contribution is 2.22. The van der Waals surface area contributed by atoms with Crippen LogP contribution in [0.15, 0.2) is 54.9 Å². The number of nitrogens with zero attached hydrogens (tertiary/aromatic N) is 4. The van der Waals surface area contributed by atoms with E-state index >= 15 is 0 Å². The number of nitrogens with one attached hydrogen (secondary N) is 1. The molecule has 12 heteroatoms. The first-order valence-corrected chi connectivity index (χ1v) is 9.50. The van der Waals surface area contributed by atoms with Gasteiger partial charge < -0.3 is 25.8 Å². The smallest absolute Gasteiger partial charge is 0.475 e. The zero-order chi connectivity index (χ0) is 23.1. The van der Waals surface area contributed by atoms with Gasteiger partial charge in [-0.1, -0.05) is 0 Å². The van der Waals surface area contributed by atoms with E-state index in [1.807, 2.05) is 18.3 Å². The summed E-state index contributed by atoms with van der Waals surface area (Å²) in [4.78, 5) is 15.6. The summed E-state index contributed by atoms with van der Waals surface area (Å²) < 4.78 is 38.9. The van der Waals surface area contributed by atoms with Gasteiger partial charge in [0.15, 0.2) is 0 Å². The van der Waals surface area contributed by atoms with E-state index in [-0.39, 0.29) is 0 Å². The normalized spacial score (nSPS) is 13.8. The Kier molecular flexibility index (Phi) is 7.15. The molecule has 1 aromatic carbocycles. The number of rotatable bonds is 4. The predicted molar refractivity (Wildman–Crippen MR) is 112 cm³/mol. The molecule has 170 valence electrons. The largest absolute Gasteiger partial charge is 0.490 e. The van der Waals surface area contributed by atoms with E-state index in [1.165, 1.54) is 5.69 Å². The molecule has 1 aliphatic rings. The third-order valence-electron chi connectivity index (χ3n) is 4.38. The number of hydrogen-bond acceptors (Lipinski definition) is 7. The van der Waals surface area contributed by atoms with Crippen molar-refractivity contribution in [3.8, 4) is 5.69 Å². The minimum atomic E-state index is -5.08. The van der Waals surface area contributed by atoms with Gasteiger partial charge in [-0.25, -0.2) is 14.5 Å². The summed E-state index contributed by atoms with van der Waals surface area (Å²) in [6.45, 7) is 3.44. The minimum Gasteiger partial charge on any atom is -0.475 e. The number of hydrogen-bond donors (Lipinski definition) is 3. The van der Waals surface area contributed by atoms with Gasteiger partial charge in [-0.3, -0.25) is 0 Å². The summed E-state index contributed by atoms with van der Waals surface area (Å²) in [5.41, 5.74) is 8.78. The summed E-state index contributed by atoms with van der Waals surface area (Å²) in [6, 6.07) is 13.9. The molecule has 1 aliphatic heterocycles. The van der Waals surface area contributed by atoms with Gasteiger partial charge in [0.05, 0.1) is 18.9 Å². The Balaban J connectivity index is 0.000000360. The third kappa shape index (κ3) is 6.35. The van der Waals surface area contributed by atoms with E-state index in [2.05, 4.69) is 44.6 Å². The lowest BCUT2D eigenvalue weighted by atomic mass is 10.2. The van der Waals surface area contributed by atoms with Crippen LogP contribution in [0.25, 0.3) is 5.69 Å². The maximum Gasteiger partial charge on any atom is 0.490 e. The summed E-state index contributed by atoms with van der Waals surface area (Å²) in [7, 11) is 0. The molecule has 1 saturated heterocycles. The molecule has 4 rings (SSSR count). The molecule has 0 amide bonds. The van der Waals surface area contributed by atoms with E-state index in [4.69, 9.17) is 20.4 Å². The first-order chi connectivity index (χ1) is 15.2. The number of pyridine rings is 1. The van der Waals surface area contributed by atoms with Gasteiger partial charge in [-0.05, 0) is 30.3 Å². The lowest BCUT2D eigenvalue weighted by Gasteiger charge is -2.28. The van der Waals surface area contributed by atoms with E-state index < -0.39 is 12.1 Å². The van der Waals surface area contributed by atoms with Crippen LogP contribution in [-0.4, -0.2) is 58.3 Å². The average molecular weight is 450 g/mol. The van der Waals surface area contributed by atoms with Gasteiger partial charge >= 0.3 is 12.1 Å². The van der Waals surface area contributed by atoms with Crippen molar-refractivity contribution in [3.63, 3.8) is 0 Å². The van der Waals surface area contributed by atoms with Crippen LogP contribution in [0.1, 0.15) is 0 Å². The van der Waals surface area contributed by atoms with E-state index in [1.54, 1.807) is 16.9 Å². The van der Waals surface area contributed by atoms with Crippen LogP contribution in [0, 0.1) is 0 Å². The number of aliphatic carboxylic acids is 1. The van der Waals surface area contributed by atoms with Crippen LogP contribution >= 0.6 is 0 Å². The van der Waals surface area contributed by atoms with Crippen LogP contribution in [0.2, 0.25) is 0 Å². The number of carboxylic acids is 1. The number of anilines is 4. The van der Waals surface area contributed by atoms with E-state index in [0.29, 0.717) is 5.82 Å². The number of nitrogen functional groups attached to an aromatic ring is 1. The molecule has 0 radical (unpaired) electrons. The van der Waals surface area contributed by atoms with Crippen molar-refractivity contribution in [1.82, 2.24) is 14.8 Å². The molecule has 32 heavy (non-hydrogen) atoms. The number of ether oxygens (including phenoxy) is 1. The third-order valence-corrected chi connectivity index (χ3v) is 4.38. The van der Waals surface area contributed by atoms with Crippen molar-refractivity contribution >= 4 is 29.0 Å². The minimum absolute atomic E-state index is 0.491. The summed E-state index contributed by atoms with van der Waals surface area (Å²) >= 11 is 0. The van der Waals surface area contributed by atoms with Gasteiger partial charge in [-0.2, -0.15) is 18.3 Å². The molecular formula is C20H21F3N6O3. The number of halogens is 3. The lowest BCUT2D eigenvalue weighted by molar-refractivity contribution is -0.192. The Morgan fingerprint density at radius 3 is 2.31 bits per heavy atom. The van der Waals surface area contributed by atoms with Crippen molar-refractivity contribution in [3.05, 3.63) is 54.9 Å². The molecule has 0 aliphatic carbocycles. The Morgan fingerprint density at radius 2 is 1.75 bits per heavy atom. The Hall–Kier alpha value is -3.80. The Bertz CT molecular complexity index is 1030. The molecule has 1 fully saturated rings. The standard InChI is InChI=1S/C18H20N6O.C2HF3O2/c19-17-6-8-24(22-17)16-5-7-20-18(13-16)21-14-1-3-15(4-2-14)23-9-11-25-12-10-23;3-2(4,5)1(6)7/h1-8,13H,9-12H2,(H2,19,22)(H,20,21);(H,6,7). The van der Waals surface area contributed by atoms with Gasteiger partial charge in [0, 0.05) is 49.0 Å². The number of benzene rings is 1. The fraction of sp³-hybridized carbons (Fsp3) is 0.250. The zero-order valence-electron chi connectivity index (χ0n) is 16.8. The molecular weight excluding hydrogens is 429 g/mol. The molecule has 9 nitrogen and oxygen atoms in total. The Morgan fingerprint density at radius 1 is 1.09 bits per heavy atom. The summed E-state index contributed by atoms with van der Waals surface area (Å²) in [6.07, 6.45) is -1.51. The maximum absolute atomic E-state index is 10.6. The van der Waals surface area contributed by atoms with E-state index in [9.17, 15) is 13.2 Å². The first-order valence-electron chi connectivity index (χ1n) is 9.50. The SMILES string of the molecule is Nc1ccn(-c2ccnc(Nc3ccc(N4CCOCC4)cc3)c2)n1.O=C(O)C(F)(F)F.